The minimum Gasteiger partial charge on any atom is -0.480 e. The van der Waals surface area contributed by atoms with Gasteiger partial charge in [-0.1, -0.05) is 67.4 Å². The highest BCUT2D eigenvalue weighted by Gasteiger charge is 2.36. The van der Waals surface area contributed by atoms with Gasteiger partial charge in [0.25, 0.3) is 0 Å². The van der Waals surface area contributed by atoms with Gasteiger partial charge in [0.2, 0.25) is 0 Å². The van der Waals surface area contributed by atoms with Gasteiger partial charge in [-0.3, -0.25) is 14.4 Å². The molecule has 0 aliphatic rings. The van der Waals surface area contributed by atoms with Gasteiger partial charge in [-0.15, -0.1) is 0 Å². The predicted molar refractivity (Wildman–Crippen MR) is 150 cm³/mol. The fourth-order valence-electron chi connectivity index (χ4n) is 4.23. The van der Waals surface area contributed by atoms with Crippen molar-refractivity contribution in [2.24, 2.45) is 29.4 Å². The van der Waals surface area contributed by atoms with E-state index in [2.05, 4.69) is 0 Å². The van der Waals surface area contributed by atoms with Crippen LogP contribution in [0.4, 0.5) is 4.79 Å². The van der Waals surface area contributed by atoms with Crippen molar-refractivity contribution in [2.45, 2.75) is 99.1 Å². The lowest BCUT2D eigenvalue weighted by Gasteiger charge is -2.31. The van der Waals surface area contributed by atoms with Crippen molar-refractivity contribution in [1.29, 1.82) is 0 Å². The topological polar surface area (TPSA) is 151 Å². The van der Waals surface area contributed by atoms with Crippen molar-refractivity contribution >= 4 is 24.1 Å². The molecule has 0 bridgehead atoms. The molecule has 1 aromatic rings. The Balaban J connectivity index is 3.45. The molecule has 40 heavy (non-hydrogen) atoms. The summed E-state index contributed by atoms with van der Waals surface area (Å²) in [6, 6.07) is 3.13. The molecule has 1 aromatic carbocycles. The number of benzene rings is 1. The van der Waals surface area contributed by atoms with Crippen LogP contribution in [0.3, 0.4) is 0 Å². The Morgan fingerprint density at radius 2 is 1.38 bits per heavy atom. The summed E-state index contributed by atoms with van der Waals surface area (Å²) in [7, 11) is 0. The van der Waals surface area contributed by atoms with Gasteiger partial charge in [-0.25, -0.2) is 4.79 Å². The number of nitrogens with two attached hydrogens (primary N) is 1. The van der Waals surface area contributed by atoms with Crippen LogP contribution in [0.5, 0.6) is 11.5 Å². The molecular formula is C30H47NO9. The van der Waals surface area contributed by atoms with E-state index in [9.17, 15) is 24.3 Å². The van der Waals surface area contributed by atoms with Crippen molar-refractivity contribution in [1.82, 2.24) is 0 Å². The molecule has 0 aromatic heterocycles. The van der Waals surface area contributed by atoms with Gasteiger partial charge in [0.1, 0.15) is 12.1 Å². The molecule has 0 fully saturated rings. The first-order valence-electron chi connectivity index (χ1n) is 14.1. The lowest BCUT2D eigenvalue weighted by atomic mass is 9.79. The summed E-state index contributed by atoms with van der Waals surface area (Å²) in [5, 5.41) is 9.79. The van der Waals surface area contributed by atoms with E-state index < -0.39 is 54.0 Å². The van der Waals surface area contributed by atoms with Gasteiger partial charge < -0.3 is 29.8 Å². The number of aliphatic carboxylic acids is 1. The van der Waals surface area contributed by atoms with Crippen molar-refractivity contribution < 1.29 is 43.2 Å². The van der Waals surface area contributed by atoms with E-state index >= 15 is 0 Å². The molecule has 10 nitrogen and oxygen atoms in total. The second kappa shape index (κ2) is 16.8. The number of hydrogen-bond acceptors (Lipinski definition) is 9. The third kappa shape index (κ3) is 10.8. The molecule has 0 saturated heterocycles. The van der Waals surface area contributed by atoms with Crippen molar-refractivity contribution in [2.75, 3.05) is 6.61 Å². The Kier molecular flexibility index (Phi) is 14.7. The van der Waals surface area contributed by atoms with E-state index in [4.69, 9.17) is 24.7 Å². The predicted octanol–water partition coefficient (Wildman–Crippen LogP) is 5.70. The van der Waals surface area contributed by atoms with Crippen LogP contribution >= 0.6 is 0 Å². The highest BCUT2D eigenvalue weighted by molar-refractivity contribution is 5.79. The Morgan fingerprint density at radius 1 is 0.850 bits per heavy atom. The second-order valence-corrected chi connectivity index (χ2v) is 11.0. The quantitative estimate of drug-likeness (QED) is 0.189. The van der Waals surface area contributed by atoms with Crippen LogP contribution in [0.2, 0.25) is 0 Å². The molecule has 0 aliphatic heterocycles. The van der Waals surface area contributed by atoms with Crippen LogP contribution in [0.15, 0.2) is 18.2 Å². The van der Waals surface area contributed by atoms with Gasteiger partial charge >= 0.3 is 24.1 Å². The Bertz CT molecular complexity index is 993. The van der Waals surface area contributed by atoms with E-state index in [-0.39, 0.29) is 29.9 Å². The zero-order valence-corrected chi connectivity index (χ0v) is 25.1. The highest BCUT2D eigenvalue weighted by atomic mass is 16.7. The van der Waals surface area contributed by atoms with Crippen LogP contribution in [0, 0.1) is 23.7 Å². The number of hydrogen-bond donors (Lipinski definition) is 2. The lowest BCUT2D eigenvalue weighted by Crippen LogP contribution is -2.42. The van der Waals surface area contributed by atoms with E-state index in [1.807, 2.05) is 27.7 Å². The van der Waals surface area contributed by atoms with Crippen LogP contribution < -0.4 is 15.2 Å². The minimum atomic E-state index is -1.38. The standard InChI is InChI=1S/C30H47NO9/c1-9-11-18(5)28(34)39-23-14-13-22(15-24(23)40-29(35)19(6)12-10-2)25(26(31)27(32)33)20(7)21(8)38-30(36)37-16-17(3)4/h13-15,17-21,25-26H,9-12,16,31H2,1-8H3,(H,32,33)/t18?,19?,20?,21?,25?,26-/m0/s1. The Hall–Kier alpha value is -3.14. The average Bonchev–Trinajstić information content (AvgIpc) is 2.88. The third-order valence-corrected chi connectivity index (χ3v) is 6.82. The number of carboxylic acids is 1. The van der Waals surface area contributed by atoms with Gasteiger partial charge in [0.15, 0.2) is 11.5 Å². The van der Waals surface area contributed by atoms with Gasteiger partial charge in [0.05, 0.1) is 18.4 Å². The fourth-order valence-corrected chi connectivity index (χ4v) is 4.23. The van der Waals surface area contributed by atoms with Crippen LogP contribution in [0.1, 0.15) is 92.6 Å². The molecule has 0 heterocycles. The molecule has 1 rings (SSSR count). The molecule has 5 unspecified atom stereocenters. The summed E-state index contributed by atoms with van der Waals surface area (Å²) < 4.78 is 21.8. The number of carbonyl (C=O) groups is 4. The van der Waals surface area contributed by atoms with Gasteiger partial charge in [-0.05, 0) is 43.4 Å². The molecule has 0 spiro atoms. The normalized spacial score (nSPS) is 15.8. The summed E-state index contributed by atoms with van der Waals surface area (Å²) >= 11 is 0. The van der Waals surface area contributed by atoms with E-state index in [0.29, 0.717) is 18.4 Å². The van der Waals surface area contributed by atoms with Crippen molar-refractivity contribution in [3.63, 3.8) is 0 Å². The molecule has 10 heteroatoms. The monoisotopic (exact) mass is 565 g/mol. The molecule has 3 N–H and O–H groups in total. The molecular weight excluding hydrogens is 518 g/mol. The van der Waals surface area contributed by atoms with E-state index in [0.717, 1.165) is 12.8 Å². The fraction of sp³-hybridized carbons (Fsp3) is 0.667. The largest absolute Gasteiger partial charge is 0.508 e. The van der Waals surface area contributed by atoms with Crippen LogP contribution in [-0.2, 0) is 23.9 Å². The summed E-state index contributed by atoms with van der Waals surface area (Å²) in [6.07, 6.45) is 1.17. The molecule has 6 atom stereocenters. The maximum absolute atomic E-state index is 12.8. The maximum Gasteiger partial charge on any atom is 0.508 e. The number of ether oxygens (including phenoxy) is 4. The smallest absolute Gasteiger partial charge is 0.480 e. The molecule has 0 amide bonds. The highest BCUT2D eigenvalue weighted by Crippen LogP contribution is 2.38. The van der Waals surface area contributed by atoms with Crippen molar-refractivity contribution in [3.05, 3.63) is 23.8 Å². The zero-order chi connectivity index (χ0) is 30.6. The first-order valence-corrected chi connectivity index (χ1v) is 14.1. The van der Waals surface area contributed by atoms with Gasteiger partial charge in [0, 0.05) is 11.8 Å². The summed E-state index contributed by atoms with van der Waals surface area (Å²) in [5.74, 6) is -4.30. The molecule has 0 saturated carbocycles. The summed E-state index contributed by atoms with van der Waals surface area (Å²) in [4.78, 5) is 49.7. The van der Waals surface area contributed by atoms with Gasteiger partial charge in [-0.2, -0.15) is 0 Å². The molecule has 0 radical (unpaired) electrons. The van der Waals surface area contributed by atoms with Crippen LogP contribution in [0.25, 0.3) is 0 Å². The molecule has 226 valence electrons. The summed E-state index contributed by atoms with van der Waals surface area (Å²) in [6.45, 7) is 14.7. The second-order valence-electron chi connectivity index (χ2n) is 11.0. The zero-order valence-electron chi connectivity index (χ0n) is 25.1. The minimum absolute atomic E-state index is 0.0118. The molecule has 0 aliphatic carbocycles. The first kappa shape index (κ1) is 34.9. The number of esters is 2. The Morgan fingerprint density at radius 3 is 1.85 bits per heavy atom. The van der Waals surface area contributed by atoms with E-state index in [1.54, 1.807) is 33.8 Å². The number of rotatable bonds is 16. The lowest BCUT2D eigenvalue weighted by molar-refractivity contribution is -0.141. The van der Waals surface area contributed by atoms with E-state index in [1.165, 1.54) is 12.1 Å². The number of carbonyl (C=O) groups excluding carboxylic acids is 3. The Labute approximate surface area is 237 Å². The average molecular weight is 566 g/mol. The van der Waals surface area contributed by atoms with Crippen LogP contribution in [-0.4, -0.2) is 47.9 Å². The SMILES string of the molecule is CCCC(C)C(=O)Oc1ccc(C(C(C)C(C)OC(=O)OCC(C)C)[C@H](N)C(=O)O)cc1OC(=O)C(C)CCC. The number of carboxylic acid groups (broad SMARTS) is 1. The first-order chi connectivity index (χ1) is 18.7. The maximum atomic E-state index is 12.8. The van der Waals surface area contributed by atoms with Crippen molar-refractivity contribution in [3.8, 4) is 11.5 Å². The third-order valence-electron chi connectivity index (χ3n) is 6.82. The summed E-state index contributed by atoms with van der Waals surface area (Å²) in [5.41, 5.74) is 6.54.